The second-order valence-electron chi connectivity index (χ2n) is 5.86. The molecular formula is C16H36N2. The van der Waals surface area contributed by atoms with E-state index in [1.54, 1.807) is 0 Å². The van der Waals surface area contributed by atoms with Crippen LogP contribution in [0.25, 0.3) is 0 Å². The van der Waals surface area contributed by atoms with Crippen molar-refractivity contribution in [2.24, 2.45) is 5.92 Å². The standard InChI is InChI=1S/C16H36N2/c1-7-10-12-18(15(6)9-3)16(14(4)5)13-17-11-8-2/h14-17H,7-13H2,1-6H3. The van der Waals surface area contributed by atoms with Gasteiger partial charge in [0.05, 0.1) is 0 Å². The molecule has 0 heterocycles. The van der Waals surface area contributed by atoms with Crippen LogP contribution in [-0.4, -0.2) is 36.6 Å². The second kappa shape index (κ2) is 10.8. The Kier molecular flexibility index (Phi) is 10.8. The van der Waals surface area contributed by atoms with Crippen molar-refractivity contribution < 1.29 is 0 Å². The fourth-order valence-corrected chi connectivity index (χ4v) is 2.45. The second-order valence-corrected chi connectivity index (χ2v) is 5.86. The number of rotatable bonds is 11. The van der Waals surface area contributed by atoms with Crippen molar-refractivity contribution in [1.82, 2.24) is 10.2 Å². The molecule has 0 spiro atoms. The van der Waals surface area contributed by atoms with Crippen LogP contribution in [-0.2, 0) is 0 Å². The van der Waals surface area contributed by atoms with Crippen LogP contribution in [0.3, 0.4) is 0 Å². The first-order valence-electron chi connectivity index (χ1n) is 8.04. The van der Waals surface area contributed by atoms with Crippen LogP contribution in [0.5, 0.6) is 0 Å². The van der Waals surface area contributed by atoms with Crippen LogP contribution in [0.15, 0.2) is 0 Å². The van der Waals surface area contributed by atoms with Gasteiger partial charge in [0.15, 0.2) is 0 Å². The van der Waals surface area contributed by atoms with E-state index in [4.69, 9.17) is 0 Å². The van der Waals surface area contributed by atoms with Crippen molar-refractivity contribution in [2.45, 2.75) is 79.3 Å². The molecule has 0 bridgehead atoms. The molecule has 0 aliphatic heterocycles. The largest absolute Gasteiger partial charge is 0.315 e. The molecule has 0 aromatic heterocycles. The SMILES string of the molecule is CCCCN(C(C)CC)C(CNCCC)C(C)C. The van der Waals surface area contributed by atoms with E-state index in [-0.39, 0.29) is 0 Å². The van der Waals surface area contributed by atoms with Gasteiger partial charge in [-0.3, -0.25) is 4.90 Å². The zero-order valence-electron chi connectivity index (χ0n) is 13.6. The van der Waals surface area contributed by atoms with Crippen LogP contribution >= 0.6 is 0 Å². The summed E-state index contributed by atoms with van der Waals surface area (Å²) >= 11 is 0. The first kappa shape index (κ1) is 17.9. The Morgan fingerprint density at radius 1 is 1.00 bits per heavy atom. The van der Waals surface area contributed by atoms with Crippen molar-refractivity contribution >= 4 is 0 Å². The number of nitrogens with one attached hydrogen (secondary N) is 1. The van der Waals surface area contributed by atoms with E-state index in [2.05, 4.69) is 51.8 Å². The Bertz CT molecular complexity index is 180. The summed E-state index contributed by atoms with van der Waals surface area (Å²) in [5.74, 6) is 0.722. The van der Waals surface area contributed by atoms with E-state index in [1.807, 2.05) is 0 Å². The van der Waals surface area contributed by atoms with Gasteiger partial charge in [-0.05, 0) is 45.2 Å². The van der Waals surface area contributed by atoms with Crippen LogP contribution in [0, 0.1) is 5.92 Å². The molecular weight excluding hydrogens is 220 g/mol. The summed E-state index contributed by atoms with van der Waals surface area (Å²) in [6, 6.07) is 1.38. The van der Waals surface area contributed by atoms with Crippen molar-refractivity contribution in [2.75, 3.05) is 19.6 Å². The lowest BCUT2D eigenvalue weighted by Crippen LogP contribution is -2.50. The third kappa shape index (κ3) is 6.75. The lowest BCUT2D eigenvalue weighted by molar-refractivity contribution is 0.103. The summed E-state index contributed by atoms with van der Waals surface area (Å²) < 4.78 is 0. The Hall–Kier alpha value is -0.0800. The summed E-state index contributed by atoms with van der Waals surface area (Å²) in [5.41, 5.74) is 0. The molecule has 110 valence electrons. The van der Waals surface area contributed by atoms with E-state index in [9.17, 15) is 0 Å². The van der Waals surface area contributed by atoms with Crippen molar-refractivity contribution in [3.8, 4) is 0 Å². The topological polar surface area (TPSA) is 15.3 Å². The molecule has 0 rings (SSSR count). The molecule has 2 unspecified atom stereocenters. The van der Waals surface area contributed by atoms with Gasteiger partial charge in [0.25, 0.3) is 0 Å². The average Bonchev–Trinajstić information content (AvgIpc) is 2.36. The highest BCUT2D eigenvalue weighted by atomic mass is 15.2. The van der Waals surface area contributed by atoms with E-state index in [0.29, 0.717) is 12.1 Å². The predicted octanol–water partition coefficient (Wildman–Crippen LogP) is 3.91. The lowest BCUT2D eigenvalue weighted by Gasteiger charge is -2.39. The smallest absolute Gasteiger partial charge is 0.0246 e. The van der Waals surface area contributed by atoms with Crippen molar-refractivity contribution in [3.63, 3.8) is 0 Å². The normalized spacial score (nSPS) is 15.3. The quantitative estimate of drug-likeness (QED) is 0.564. The Labute approximate surface area is 116 Å². The highest BCUT2D eigenvalue weighted by Gasteiger charge is 2.24. The van der Waals surface area contributed by atoms with Crippen molar-refractivity contribution in [1.29, 1.82) is 0 Å². The molecule has 0 saturated carbocycles. The monoisotopic (exact) mass is 256 g/mol. The van der Waals surface area contributed by atoms with E-state index >= 15 is 0 Å². The van der Waals surface area contributed by atoms with Crippen LogP contribution in [0.1, 0.15) is 67.2 Å². The third-order valence-corrected chi connectivity index (χ3v) is 3.90. The molecule has 0 amide bonds. The Morgan fingerprint density at radius 3 is 2.11 bits per heavy atom. The molecule has 2 atom stereocenters. The number of unbranched alkanes of at least 4 members (excludes halogenated alkanes) is 1. The highest BCUT2D eigenvalue weighted by Crippen LogP contribution is 2.16. The molecule has 2 heteroatoms. The van der Waals surface area contributed by atoms with Gasteiger partial charge < -0.3 is 5.32 Å². The minimum atomic E-state index is 0.679. The first-order valence-corrected chi connectivity index (χ1v) is 8.04. The van der Waals surface area contributed by atoms with Gasteiger partial charge in [-0.25, -0.2) is 0 Å². The maximum absolute atomic E-state index is 3.61. The number of hydrogen-bond acceptors (Lipinski definition) is 2. The summed E-state index contributed by atoms with van der Waals surface area (Å²) in [6.07, 6.45) is 5.09. The zero-order valence-corrected chi connectivity index (χ0v) is 13.6. The third-order valence-electron chi connectivity index (χ3n) is 3.90. The van der Waals surface area contributed by atoms with Gasteiger partial charge in [0, 0.05) is 18.6 Å². The summed E-state index contributed by atoms with van der Waals surface area (Å²) in [7, 11) is 0. The molecule has 1 N–H and O–H groups in total. The first-order chi connectivity index (χ1) is 8.58. The molecule has 0 radical (unpaired) electrons. The molecule has 0 fully saturated rings. The van der Waals surface area contributed by atoms with Crippen LogP contribution in [0.4, 0.5) is 0 Å². The number of hydrogen-bond donors (Lipinski definition) is 1. The summed E-state index contributed by atoms with van der Waals surface area (Å²) in [6.45, 7) is 17.5. The lowest BCUT2D eigenvalue weighted by atomic mass is 9.99. The molecule has 0 aliphatic carbocycles. The van der Waals surface area contributed by atoms with E-state index < -0.39 is 0 Å². The Morgan fingerprint density at radius 2 is 1.67 bits per heavy atom. The van der Waals surface area contributed by atoms with Gasteiger partial charge in [0.2, 0.25) is 0 Å². The minimum Gasteiger partial charge on any atom is -0.315 e. The molecule has 0 aliphatic rings. The molecule has 2 nitrogen and oxygen atoms in total. The molecule has 0 aromatic carbocycles. The molecule has 18 heavy (non-hydrogen) atoms. The van der Waals surface area contributed by atoms with Gasteiger partial charge in [0.1, 0.15) is 0 Å². The van der Waals surface area contributed by atoms with E-state index in [1.165, 1.54) is 32.2 Å². The van der Waals surface area contributed by atoms with Crippen LogP contribution in [0.2, 0.25) is 0 Å². The van der Waals surface area contributed by atoms with E-state index in [0.717, 1.165) is 19.0 Å². The highest BCUT2D eigenvalue weighted by molar-refractivity contribution is 4.80. The van der Waals surface area contributed by atoms with Gasteiger partial charge in [-0.1, -0.05) is 41.0 Å². The Balaban J connectivity index is 4.52. The fraction of sp³-hybridized carbons (Fsp3) is 1.00. The minimum absolute atomic E-state index is 0.679. The molecule has 0 saturated heterocycles. The number of nitrogens with zero attached hydrogens (tertiary/aromatic N) is 1. The maximum atomic E-state index is 3.61. The fourth-order valence-electron chi connectivity index (χ4n) is 2.45. The van der Waals surface area contributed by atoms with Crippen LogP contribution < -0.4 is 5.32 Å². The molecule has 0 aromatic rings. The average molecular weight is 256 g/mol. The van der Waals surface area contributed by atoms with Crippen molar-refractivity contribution in [3.05, 3.63) is 0 Å². The predicted molar refractivity (Wildman–Crippen MR) is 83.2 cm³/mol. The zero-order chi connectivity index (χ0) is 14.0. The maximum Gasteiger partial charge on any atom is 0.0246 e. The summed E-state index contributed by atoms with van der Waals surface area (Å²) in [5, 5.41) is 3.61. The van der Waals surface area contributed by atoms with Gasteiger partial charge in [-0.2, -0.15) is 0 Å². The summed E-state index contributed by atoms with van der Waals surface area (Å²) in [4.78, 5) is 2.73. The van der Waals surface area contributed by atoms with Gasteiger partial charge in [-0.15, -0.1) is 0 Å². The van der Waals surface area contributed by atoms with Gasteiger partial charge >= 0.3 is 0 Å².